The summed E-state index contributed by atoms with van der Waals surface area (Å²) in [5, 5.41) is 13.4. The van der Waals surface area contributed by atoms with Crippen LogP contribution in [0.25, 0.3) is 0 Å². The molecule has 1 saturated carbocycles. The Labute approximate surface area is 252 Å². The maximum absolute atomic E-state index is 14.0. The van der Waals surface area contributed by atoms with Gasteiger partial charge in [0.25, 0.3) is 0 Å². The van der Waals surface area contributed by atoms with E-state index in [0.29, 0.717) is 24.1 Å². The Kier molecular flexibility index (Phi) is 12.3. The number of amidine groups is 1. The van der Waals surface area contributed by atoms with Crippen molar-refractivity contribution < 1.29 is 14.4 Å². The summed E-state index contributed by atoms with van der Waals surface area (Å²) in [4.78, 5) is 43.7. The van der Waals surface area contributed by atoms with Crippen LogP contribution in [-0.4, -0.2) is 48.1 Å². The zero-order chi connectivity index (χ0) is 31.4. The molecule has 0 radical (unpaired) electrons. The molecule has 0 spiro atoms. The molecule has 3 amide bonds. The summed E-state index contributed by atoms with van der Waals surface area (Å²) < 4.78 is 0. The topological polar surface area (TPSA) is 242 Å². The molecular weight excluding hydrogens is 546 g/mol. The second kappa shape index (κ2) is 16.1. The average Bonchev–Trinajstić information content (AvgIpc) is 2.98. The third-order valence-corrected chi connectivity index (χ3v) is 7.93. The molecule has 3 rings (SSSR count). The molecule has 12 heteroatoms. The van der Waals surface area contributed by atoms with Gasteiger partial charge in [-0.2, -0.15) is 0 Å². The smallest absolute Gasteiger partial charge is 0.243 e. The summed E-state index contributed by atoms with van der Waals surface area (Å²) in [6, 6.07) is 12.5. The van der Waals surface area contributed by atoms with Crippen molar-refractivity contribution in [3.05, 3.63) is 65.2 Å². The van der Waals surface area contributed by atoms with Crippen molar-refractivity contribution in [2.45, 2.75) is 69.9 Å². The summed E-state index contributed by atoms with van der Waals surface area (Å²) in [5.74, 6) is -1.70. The lowest BCUT2D eigenvalue weighted by molar-refractivity contribution is -0.133. The molecule has 1 aliphatic rings. The van der Waals surface area contributed by atoms with Gasteiger partial charge in [0.05, 0.1) is 0 Å². The molecule has 1 aliphatic carbocycles. The lowest BCUT2D eigenvalue weighted by Crippen LogP contribution is -2.55. The van der Waals surface area contributed by atoms with Crippen LogP contribution in [0.4, 0.5) is 5.69 Å². The van der Waals surface area contributed by atoms with Gasteiger partial charge in [0.2, 0.25) is 17.7 Å². The number of nitrogens with two attached hydrogens (primary N) is 5. The van der Waals surface area contributed by atoms with Crippen LogP contribution in [0.2, 0.25) is 0 Å². The van der Waals surface area contributed by atoms with Crippen molar-refractivity contribution in [2.24, 2.45) is 39.8 Å². The van der Waals surface area contributed by atoms with Crippen molar-refractivity contribution in [3.63, 3.8) is 0 Å². The Hall–Kier alpha value is -4.61. The molecule has 43 heavy (non-hydrogen) atoms. The molecule has 2 aromatic carbocycles. The SMILES string of the molecule is N=C(N)c1ccc(C[C@@H](C(=O)N[C@@H](Cc2ccc(N)cc2)C(=O)N[C@@H](CCCN=C(N)N)C(N)=O)C2CCCCC2)cc1. The highest BCUT2D eigenvalue weighted by molar-refractivity contribution is 5.95. The molecular formula is C31H45N9O3. The Morgan fingerprint density at radius 3 is 1.98 bits per heavy atom. The molecule has 2 aromatic rings. The van der Waals surface area contributed by atoms with Gasteiger partial charge < -0.3 is 39.3 Å². The fourth-order valence-corrected chi connectivity index (χ4v) is 5.52. The Balaban J connectivity index is 1.82. The average molecular weight is 592 g/mol. The van der Waals surface area contributed by atoms with Gasteiger partial charge in [-0.1, -0.05) is 55.7 Å². The number of nitrogens with one attached hydrogen (secondary N) is 3. The fourth-order valence-electron chi connectivity index (χ4n) is 5.52. The highest BCUT2D eigenvalue weighted by Crippen LogP contribution is 2.32. The molecule has 0 saturated heterocycles. The maximum atomic E-state index is 14.0. The van der Waals surface area contributed by atoms with E-state index in [1.54, 1.807) is 36.4 Å². The molecule has 1 fully saturated rings. The van der Waals surface area contributed by atoms with Crippen molar-refractivity contribution in [3.8, 4) is 0 Å². The van der Waals surface area contributed by atoms with Gasteiger partial charge in [0.1, 0.15) is 17.9 Å². The Morgan fingerprint density at radius 1 is 0.814 bits per heavy atom. The maximum Gasteiger partial charge on any atom is 0.243 e. The standard InChI is InChI=1S/C31H45N9O3/c32-23-14-10-20(11-15-23)18-26(30(43)39-25(28(35)41)7-4-16-38-31(36)37)40-29(42)24(21-5-2-1-3-6-21)17-19-8-12-22(13-9-19)27(33)34/h8-15,21,24-26H,1-7,16-18,32H2,(H3,33,34)(H2,35,41)(H,39,43)(H,40,42)(H4,36,37,38)/t24-,25+,26+/m1/s1. The van der Waals surface area contributed by atoms with Gasteiger partial charge in [-0.3, -0.25) is 24.8 Å². The number of carbonyl (C=O) groups is 3. The lowest BCUT2D eigenvalue weighted by Gasteiger charge is -2.31. The van der Waals surface area contributed by atoms with E-state index >= 15 is 0 Å². The minimum atomic E-state index is -0.957. The van der Waals surface area contributed by atoms with Gasteiger partial charge in [-0.25, -0.2) is 0 Å². The van der Waals surface area contributed by atoms with Gasteiger partial charge >= 0.3 is 0 Å². The van der Waals surface area contributed by atoms with E-state index in [9.17, 15) is 14.4 Å². The van der Waals surface area contributed by atoms with E-state index in [2.05, 4.69) is 15.6 Å². The Morgan fingerprint density at radius 2 is 1.40 bits per heavy atom. The summed E-state index contributed by atoms with van der Waals surface area (Å²) in [5.41, 5.74) is 30.7. The first-order chi connectivity index (χ1) is 20.5. The van der Waals surface area contributed by atoms with Gasteiger partial charge in [-0.05, 0) is 61.3 Å². The number of nitrogen functional groups attached to an aromatic ring is 2. The van der Waals surface area contributed by atoms with Crippen LogP contribution in [0.1, 0.15) is 61.6 Å². The summed E-state index contributed by atoms with van der Waals surface area (Å²) in [6.45, 7) is 0.282. The normalized spacial score (nSPS) is 15.4. The van der Waals surface area contributed by atoms with E-state index in [4.69, 9.17) is 34.1 Å². The molecule has 0 heterocycles. The summed E-state index contributed by atoms with van der Waals surface area (Å²) >= 11 is 0. The zero-order valence-electron chi connectivity index (χ0n) is 24.6. The predicted molar refractivity (Wildman–Crippen MR) is 169 cm³/mol. The number of hydrogen-bond acceptors (Lipinski definition) is 6. The molecule has 0 unspecified atom stereocenters. The molecule has 0 aromatic heterocycles. The van der Waals surface area contributed by atoms with Crippen LogP contribution >= 0.6 is 0 Å². The predicted octanol–water partition coefficient (Wildman–Crippen LogP) is 1.04. The number of benzene rings is 2. The van der Waals surface area contributed by atoms with Crippen LogP contribution < -0.4 is 39.3 Å². The van der Waals surface area contributed by atoms with Gasteiger partial charge in [0, 0.05) is 30.1 Å². The highest BCUT2D eigenvalue weighted by atomic mass is 16.2. The minimum absolute atomic E-state index is 0.0184. The van der Waals surface area contributed by atoms with E-state index in [1.165, 1.54) is 0 Å². The van der Waals surface area contributed by atoms with Gasteiger partial charge in [0.15, 0.2) is 5.96 Å². The Bertz CT molecular complexity index is 1270. The number of guanidine groups is 1. The molecule has 0 bridgehead atoms. The number of carbonyl (C=O) groups excluding carboxylic acids is 3. The first-order valence-electron chi connectivity index (χ1n) is 14.8. The minimum Gasteiger partial charge on any atom is -0.399 e. The monoisotopic (exact) mass is 591 g/mol. The van der Waals surface area contributed by atoms with Crippen LogP contribution in [0.5, 0.6) is 0 Å². The van der Waals surface area contributed by atoms with Crippen LogP contribution in [0, 0.1) is 17.2 Å². The number of hydrogen-bond donors (Lipinski definition) is 8. The van der Waals surface area contributed by atoms with Crippen molar-refractivity contribution in [2.75, 3.05) is 12.3 Å². The molecule has 13 N–H and O–H groups in total. The number of primary amides is 1. The van der Waals surface area contributed by atoms with Crippen LogP contribution in [-0.2, 0) is 27.2 Å². The summed E-state index contributed by atoms with van der Waals surface area (Å²) in [6.07, 6.45) is 6.43. The van der Waals surface area contributed by atoms with Crippen molar-refractivity contribution in [1.82, 2.24) is 10.6 Å². The number of rotatable bonds is 15. The number of anilines is 1. The third kappa shape index (κ3) is 10.6. The van der Waals surface area contributed by atoms with Crippen molar-refractivity contribution >= 4 is 35.2 Å². The zero-order valence-corrected chi connectivity index (χ0v) is 24.6. The van der Waals surface area contributed by atoms with E-state index < -0.39 is 23.9 Å². The second-order valence-corrected chi connectivity index (χ2v) is 11.2. The van der Waals surface area contributed by atoms with E-state index in [0.717, 1.165) is 43.2 Å². The van der Waals surface area contributed by atoms with Crippen LogP contribution in [0.15, 0.2) is 53.5 Å². The largest absolute Gasteiger partial charge is 0.399 e. The number of aliphatic imine (C=N–C) groups is 1. The quantitative estimate of drug-likeness (QED) is 0.0647. The van der Waals surface area contributed by atoms with Crippen molar-refractivity contribution in [1.29, 1.82) is 5.41 Å². The van der Waals surface area contributed by atoms with Gasteiger partial charge in [-0.15, -0.1) is 0 Å². The fraction of sp³-hybridized carbons (Fsp3) is 0.452. The van der Waals surface area contributed by atoms with E-state index in [1.807, 2.05) is 12.1 Å². The highest BCUT2D eigenvalue weighted by Gasteiger charge is 2.33. The second-order valence-electron chi connectivity index (χ2n) is 11.2. The van der Waals surface area contributed by atoms with E-state index in [-0.39, 0.29) is 48.9 Å². The molecule has 0 aliphatic heterocycles. The third-order valence-electron chi connectivity index (χ3n) is 7.93. The number of nitrogens with zero attached hydrogens (tertiary/aromatic N) is 1. The first-order valence-corrected chi connectivity index (χ1v) is 14.8. The molecule has 232 valence electrons. The number of amides is 3. The molecule has 3 atom stereocenters. The van der Waals surface area contributed by atoms with Crippen LogP contribution in [0.3, 0.4) is 0 Å². The lowest BCUT2D eigenvalue weighted by atomic mass is 9.76. The molecule has 12 nitrogen and oxygen atoms in total. The summed E-state index contributed by atoms with van der Waals surface area (Å²) in [7, 11) is 0. The first kappa shape index (κ1) is 32.9.